The van der Waals surface area contributed by atoms with Crippen molar-refractivity contribution in [1.29, 1.82) is 0 Å². The zero-order valence-corrected chi connectivity index (χ0v) is 23.7. The van der Waals surface area contributed by atoms with Gasteiger partial charge in [0.1, 0.15) is 5.75 Å². The number of esters is 2. The van der Waals surface area contributed by atoms with Crippen LogP contribution in [0, 0.1) is 5.92 Å². The van der Waals surface area contributed by atoms with Gasteiger partial charge in [0.05, 0.1) is 25.2 Å². The average Bonchev–Trinajstić information content (AvgIpc) is 2.97. The molecule has 0 aliphatic rings. The Balaban J connectivity index is 1.94. The van der Waals surface area contributed by atoms with Gasteiger partial charge in [0.15, 0.2) is 6.61 Å². The van der Waals surface area contributed by atoms with Crippen molar-refractivity contribution in [3.8, 4) is 16.9 Å². The normalized spacial score (nSPS) is 14.1. The van der Waals surface area contributed by atoms with Crippen LogP contribution in [0.5, 0.6) is 5.75 Å². The summed E-state index contributed by atoms with van der Waals surface area (Å²) in [6, 6.07) is 11.9. The van der Waals surface area contributed by atoms with Gasteiger partial charge in [-0.1, -0.05) is 44.5 Å². The van der Waals surface area contributed by atoms with Crippen LogP contribution in [0.4, 0.5) is 57.1 Å². The number of halogens is 13. The molecule has 2 rings (SSSR count). The summed E-state index contributed by atoms with van der Waals surface area (Å²) in [6.45, 7) is 1.19. The minimum atomic E-state index is -8.00. The highest BCUT2D eigenvalue weighted by atomic mass is 19.4. The molecule has 0 fully saturated rings. The highest BCUT2D eigenvalue weighted by molar-refractivity contribution is 5.90. The third-order valence-corrected chi connectivity index (χ3v) is 6.54. The average molecular weight is 688 g/mol. The van der Waals surface area contributed by atoms with E-state index in [4.69, 9.17) is 9.47 Å². The van der Waals surface area contributed by atoms with Crippen LogP contribution in [0.3, 0.4) is 0 Å². The van der Waals surface area contributed by atoms with Crippen LogP contribution >= 0.6 is 0 Å². The first-order chi connectivity index (χ1) is 20.9. The molecule has 0 saturated carbocycles. The van der Waals surface area contributed by atoms with Crippen LogP contribution in [0.1, 0.15) is 37.0 Å². The van der Waals surface area contributed by atoms with Gasteiger partial charge in [-0.05, 0) is 41.3 Å². The van der Waals surface area contributed by atoms with E-state index in [1.807, 2.05) is 13.8 Å². The van der Waals surface area contributed by atoms with E-state index >= 15 is 0 Å². The van der Waals surface area contributed by atoms with Gasteiger partial charge < -0.3 is 14.2 Å². The Morgan fingerprint density at radius 2 is 1.15 bits per heavy atom. The summed E-state index contributed by atoms with van der Waals surface area (Å²) in [5, 5.41) is 0. The molecule has 0 aliphatic carbocycles. The highest BCUT2D eigenvalue weighted by Crippen LogP contribution is 2.60. The van der Waals surface area contributed by atoms with Crippen molar-refractivity contribution < 1.29 is 80.9 Å². The Morgan fingerprint density at radius 1 is 0.674 bits per heavy atom. The zero-order valence-electron chi connectivity index (χ0n) is 23.7. The maximum atomic E-state index is 13.8. The smallest absolute Gasteiger partial charge is 0.460 e. The maximum absolute atomic E-state index is 13.8. The number of carbonyl (C=O) groups excluding carboxylic acids is 2. The summed E-state index contributed by atoms with van der Waals surface area (Å²) in [5.41, 5.74) is 1.56. The number of hydrogen-bond donors (Lipinski definition) is 0. The van der Waals surface area contributed by atoms with Gasteiger partial charge in [-0.25, -0.2) is 9.59 Å². The van der Waals surface area contributed by atoms with E-state index in [0.29, 0.717) is 16.7 Å². The van der Waals surface area contributed by atoms with Crippen LogP contribution < -0.4 is 4.74 Å². The first-order valence-corrected chi connectivity index (χ1v) is 13.0. The van der Waals surface area contributed by atoms with E-state index in [9.17, 15) is 66.7 Å². The molecule has 0 unspecified atom stereocenters. The molecule has 1 atom stereocenters. The minimum Gasteiger partial charge on any atom is -0.482 e. The Hall–Kier alpha value is -3.73. The Bertz CT molecular complexity index is 1320. The highest BCUT2D eigenvalue weighted by Gasteiger charge is 2.90. The quantitative estimate of drug-likeness (QED) is 0.139. The lowest BCUT2D eigenvalue weighted by atomic mass is 9.93. The predicted octanol–water partition coefficient (Wildman–Crippen LogP) is 8.61. The number of carbonyl (C=O) groups is 2. The van der Waals surface area contributed by atoms with E-state index < -0.39 is 67.4 Å². The fourth-order valence-corrected chi connectivity index (χ4v) is 3.40. The van der Waals surface area contributed by atoms with Crippen molar-refractivity contribution in [3.05, 3.63) is 54.1 Å². The number of rotatable bonds is 15. The molecular formula is C28H25F13O5. The predicted molar refractivity (Wildman–Crippen MR) is 133 cm³/mol. The van der Waals surface area contributed by atoms with Crippen LogP contribution in [0.25, 0.3) is 11.1 Å². The van der Waals surface area contributed by atoms with E-state index in [1.54, 1.807) is 12.1 Å². The largest absolute Gasteiger partial charge is 0.482 e. The van der Waals surface area contributed by atoms with Crippen molar-refractivity contribution >= 4 is 11.9 Å². The lowest BCUT2D eigenvalue weighted by molar-refractivity contribution is -0.440. The first kappa shape index (κ1) is 38.5. The molecule has 46 heavy (non-hydrogen) atoms. The molecular weight excluding hydrogens is 663 g/mol. The van der Waals surface area contributed by atoms with Gasteiger partial charge >= 0.3 is 47.7 Å². The molecule has 2 aromatic carbocycles. The Morgan fingerprint density at radius 3 is 1.63 bits per heavy atom. The molecule has 0 aromatic heterocycles. The molecule has 18 heteroatoms. The van der Waals surface area contributed by atoms with Crippen molar-refractivity contribution in [3.63, 3.8) is 0 Å². The number of hydrogen-bond acceptors (Lipinski definition) is 5. The van der Waals surface area contributed by atoms with Crippen molar-refractivity contribution in [2.24, 2.45) is 5.92 Å². The van der Waals surface area contributed by atoms with Crippen LogP contribution in [0.15, 0.2) is 48.5 Å². The van der Waals surface area contributed by atoms with Crippen LogP contribution in [-0.4, -0.2) is 67.5 Å². The minimum absolute atomic E-state index is 0.0183. The van der Waals surface area contributed by atoms with Crippen molar-refractivity contribution in [2.75, 3.05) is 19.8 Å². The van der Waals surface area contributed by atoms with Crippen LogP contribution in [0.2, 0.25) is 0 Å². The molecule has 0 heterocycles. The molecule has 0 saturated heterocycles. The lowest BCUT2D eigenvalue weighted by Gasteiger charge is -2.39. The zero-order chi connectivity index (χ0) is 35.4. The Kier molecular flexibility index (Phi) is 11.7. The molecule has 0 amide bonds. The maximum Gasteiger partial charge on any atom is 0.460 e. The summed E-state index contributed by atoms with van der Waals surface area (Å²) in [4.78, 5) is 23.8. The second-order valence-electron chi connectivity index (χ2n) is 9.97. The van der Waals surface area contributed by atoms with E-state index in [0.717, 1.165) is 6.42 Å². The fraction of sp³-hybridized carbons (Fsp3) is 0.500. The number of alkyl halides is 13. The van der Waals surface area contributed by atoms with E-state index in [2.05, 4.69) is 4.74 Å². The van der Waals surface area contributed by atoms with Gasteiger partial charge in [-0.15, -0.1) is 0 Å². The molecule has 0 aliphatic heterocycles. The van der Waals surface area contributed by atoms with Gasteiger partial charge in [0.2, 0.25) is 0 Å². The topological polar surface area (TPSA) is 61.8 Å². The summed E-state index contributed by atoms with van der Waals surface area (Å²) >= 11 is 0. The third kappa shape index (κ3) is 7.97. The summed E-state index contributed by atoms with van der Waals surface area (Å²) < 4.78 is 185. The molecule has 258 valence electrons. The SMILES string of the molecule is CC[C@H](C)COC(=O)c1ccc(-c2ccc(OCC(=O)OCCC(F)(F)C(F)(F)C(F)(F)C(F)(F)C(F)(F)C(F)(F)F)cc2)cc1. The van der Waals surface area contributed by atoms with E-state index in [1.165, 1.54) is 36.4 Å². The van der Waals surface area contributed by atoms with Crippen LogP contribution in [-0.2, 0) is 14.3 Å². The number of benzene rings is 2. The molecule has 0 bridgehead atoms. The summed E-state index contributed by atoms with van der Waals surface area (Å²) in [6.07, 6.45) is -9.34. The molecule has 0 N–H and O–H groups in total. The standard InChI is InChI=1S/C28H25F13O5/c1-3-16(2)14-46-22(43)19-6-4-17(5-7-19)18-8-10-20(11-9-18)45-15-21(42)44-13-12-23(29,30)24(31,32)25(33,34)26(35,36)27(37,38)28(39,40)41/h4-11,16H,3,12-15H2,1-2H3/t16-/m0/s1. The summed E-state index contributed by atoms with van der Waals surface area (Å²) in [7, 11) is 0. The lowest BCUT2D eigenvalue weighted by Crippen LogP contribution is -2.70. The third-order valence-electron chi connectivity index (χ3n) is 6.54. The second kappa shape index (κ2) is 13.9. The van der Waals surface area contributed by atoms with Gasteiger partial charge in [0.25, 0.3) is 0 Å². The van der Waals surface area contributed by atoms with Crippen molar-refractivity contribution in [2.45, 2.75) is 62.5 Å². The molecule has 0 radical (unpaired) electrons. The second-order valence-corrected chi connectivity index (χ2v) is 9.97. The number of ether oxygens (including phenoxy) is 3. The monoisotopic (exact) mass is 688 g/mol. The van der Waals surface area contributed by atoms with Gasteiger partial charge in [0, 0.05) is 0 Å². The molecule has 0 spiro atoms. The molecule has 5 nitrogen and oxygen atoms in total. The first-order valence-electron chi connectivity index (χ1n) is 13.0. The fourth-order valence-electron chi connectivity index (χ4n) is 3.40. The van der Waals surface area contributed by atoms with Gasteiger partial charge in [-0.3, -0.25) is 0 Å². The van der Waals surface area contributed by atoms with E-state index in [-0.39, 0.29) is 18.3 Å². The molecule has 2 aromatic rings. The van der Waals surface area contributed by atoms with Crippen molar-refractivity contribution in [1.82, 2.24) is 0 Å². The van der Waals surface area contributed by atoms with Gasteiger partial charge in [-0.2, -0.15) is 57.1 Å². The Labute approximate surface area is 252 Å². The summed E-state index contributed by atoms with van der Waals surface area (Å²) in [5.74, 6) is -39.4.